The zero-order chi connectivity index (χ0) is 18.7. The van der Waals surface area contributed by atoms with E-state index in [1.807, 2.05) is 0 Å². The van der Waals surface area contributed by atoms with Crippen LogP contribution in [0.2, 0.25) is 0 Å². The Kier molecular flexibility index (Phi) is 4.57. The van der Waals surface area contributed by atoms with Gasteiger partial charge in [0, 0.05) is 11.6 Å². The molecule has 1 amide bonds. The van der Waals surface area contributed by atoms with Gasteiger partial charge in [0.05, 0.1) is 22.7 Å². The van der Waals surface area contributed by atoms with E-state index < -0.39 is 22.3 Å². The van der Waals surface area contributed by atoms with Crippen molar-refractivity contribution in [2.24, 2.45) is 5.73 Å². The number of hydrogen-bond donors (Lipinski definition) is 1. The Morgan fingerprint density at radius 2 is 1.81 bits per heavy atom. The van der Waals surface area contributed by atoms with Crippen molar-refractivity contribution in [3.8, 4) is 22.8 Å². The molecule has 26 heavy (non-hydrogen) atoms. The Morgan fingerprint density at radius 1 is 1.08 bits per heavy atom. The van der Waals surface area contributed by atoms with Gasteiger partial charge in [-0.15, -0.1) is 0 Å². The number of benzene rings is 2. The number of pyridine rings is 1. The van der Waals surface area contributed by atoms with E-state index in [0.717, 1.165) is 18.2 Å². The van der Waals surface area contributed by atoms with E-state index in [1.165, 1.54) is 6.07 Å². The molecule has 0 unspecified atom stereocenters. The summed E-state index contributed by atoms with van der Waals surface area (Å²) in [5.41, 5.74) is 6.23. The predicted molar refractivity (Wildman–Crippen MR) is 91.3 cm³/mol. The highest BCUT2D eigenvalue weighted by molar-refractivity contribution is 5.91. The van der Waals surface area contributed by atoms with Crippen molar-refractivity contribution in [1.29, 1.82) is 0 Å². The number of non-ortho nitro benzene ring substituents is 1. The normalized spacial score (nSPS) is 10.3. The van der Waals surface area contributed by atoms with E-state index in [0.29, 0.717) is 17.0 Å². The summed E-state index contributed by atoms with van der Waals surface area (Å²) >= 11 is 0. The summed E-state index contributed by atoms with van der Waals surface area (Å²) in [5.74, 6) is -1.02. The molecule has 0 saturated heterocycles. The highest BCUT2D eigenvalue weighted by Crippen LogP contribution is 2.28. The van der Waals surface area contributed by atoms with E-state index in [2.05, 4.69) is 4.98 Å². The average molecular weight is 352 g/mol. The van der Waals surface area contributed by atoms with Gasteiger partial charge in [-0.25, -0.2) is 9.37 Å². The third kappa shape index (κ3) is 3.81. The van der Waals surface area contributed by atoms with Crippen molar-refractivity contribution in [3.63, 3.8) is 0 Å². The molecule has 130 valence electrons. The standard InChI is InChI=1S/C18H12FN3O4/c19-12-8-13(22(24)25)10-15(9-12)26-14-6-4-11(5-7-14)16-2-1-3-17(21-16)18(20)23/h1-10H,(H2,20,23)/i19-1. The minimum absolute atomic E-state index is 0.0123. The fourth-order valence-electron chi connectivity index (χ4n) is 2.27. The molecule has 0 spiro atoms. The van der Waals surface area contributed by atoms with Gasteiger partial charge in [0.25, 0.3) is 11.6 Å². The Bertz CT molecular complexity index is 990. The Morgan fingerprint density at radius 3 is 2.46 bits per heavy atom. The van der Waals surface area contributed by atoms with Gasteiger partial charge in [0.2, 0.25) is 0 Å². The molecule has 3 rings (SSSR count). The van der Waals surface area contributed by atoms with Gasteiger partial charge in [-0.05, 0) is 36.4 Å². The number of carbonyl (C=O) groups excluding carboxylic acids is 1. The zero-order valence-corrected chi connectivity index (χ0v) is 13.3. The summed E-state index contributed by atoms with van der Waals surface area (Å²) in [4.78, 5) is 25.4. The minimum atomic E-state index is -0.765. The molecule has 2 N–H and O–H groups in total. The molecule has 8 heteroatoms. The third-order valence-electron chi connectivity index (χ3n) is 3.45. The Hall–Kier alpha value is -3.81. The van der Waals surface area contributed by atoms with E-state index >= 15 is 0 Å². The molecule has 0 radical (unpaired) electrons. The topological polar surface area (TPSA) is 108 Å². The van der Waals surface area contributed by atoms with Crippen LogP contribution in [0.4, 0.5) is 10.1 Å². The monoisotopic (exact) mass is 352 g/mol. The van der Waals surface area contributed by atoms with Crippen molar-refractivity contribution in [2.75, 3.05) is 0 Å². The Balaban J connectivity index is 1.83. The second-order valence-corrected chi connectivity index (χ2v) is 5.30. The van der Waals surface area contributed by atoms with Crippen LogP contribution in [0.1, 0.15) is 10.5 Å². The van der Waals surface area contributed by atoms with E-state index in [-0.39, 0.29) is 11.4 Å². The number of amides is 1. The molecule has 1 heterocycles. The fraction of sp³-hybridized carbons (Fsp3) is 0. The lowest BCUT2D eigenvalue weighted by atomic mass is 10.1. The largest absolute Gasteiger partial charge is 0.457 e. The molecule has 1 aromatic heterocycles. The van der Waals surface area contributed by atoms with Crippen molar-refractivity contribution in [3.05, 3.63) is 82.3 Å². The summed E-state index contributed by atoms with van der Waals surface area (Å²) in [6, 6.07) is 14.5. The smallest absolute Gasteiger partial charge is 0.276 e. The molecule has 0 bridgehead atoms. The molecule has 3 aromatic rings. The number of nitro benzene ring substituents is 1. The highest BCUT2D eigenvalue weighted by atomic mass is 18.2. The van der Waals surface area contributed by atoms with E-state index in [4.69, 9.17) is 10.5 Å². The SMILES string of the molecule is NC(=O)c1cccc(-c2ccc(Oc3cc([18F])cc([N+](=O)[O-])c3)cc2)n1. The summed E-state index contributed by atoms with van der Waals surface area (Å²) in [6.45, 7) is 0. The average Bonchev–Trinajstić information content (AvgIpc) is 2.62. The summed E-state index contributed by atoms with van der Waals surface area (Å²) in [5, 5.41) is 10.8. The number of carbonyl (C=O) groups is 1. The second-order valence-electron chi connectivity index (χ2n) is 5.30. The summed E-state index contributed by atoms with van der Waals surface area (Å²) in [7, 11) is 0. The van der Waals surface area contributed by atoms with Gasteiger partial charge in [-0.2, -0.15) is 0 Å². The number of hydrogen-bond acceptors (Lipinski definition) is 5. The van der Waals surface area contributed by atoms with Crippen LogP contribution < -0.4 is 10.5 Å². The van der Waals surface area contributed by atoms with Gasteiger partial charge >= 0.3 is 0 Å². The number of nitro groups is 1. The van der Waals surface area contributed by atoms with Gasteiger partial charge in [-0.3, -0.25) is 14.9 Å². The molecule has 7 nitrogen and oxygen atoms in total. The predicted octanol–water partition coefficient (Wildman–Crippen LogP) is 3.69. The molecule has 0 aliphatic rings. The lowest BCUT2D eigenvalue weighted by Gasteiger charge is -2.07. The number of halogens is 1. The van der Waals surface area contributed by atoms with Gasteiger partial charge < -0.3 is 10.5 Å². The summed E-state index contributed by atoms with van der Waals surface area (Å²) < 4.78 is 18.9. The van der Waals surface area contributed by atoms with Crippen LogP contribution in [0.15, 0.2) is 60.7 Å². The minimum Gasteiger partial charge on any atom is -0.457 e. The maximum Gasteiger partial charge on any atom is 0.276 e. The van der Waals surface area contributed by atoms with Gasteiger partial charge in [-0.1, -0.05) is 6.07 Å². The van der Waals surface area contributed by atoms with Gasteiger partial charge in [0.1, 0.15) is 23.0 Å². The van der Waals surface area contributed by atoms with Crippen molar-refractivity contribution >= 4 is 11.6 Å². The molecular weight excluding hydrogens is 340 g/mol. The number of nitrogens with two attached hydrogens (primary N) is 1. The van der Waals surface area contributed by atoms with Crippen LogP contribution in [0, 0.1) is 15.9 Å². The third-order valence-corrected chi connectivity index (χ3v) is 3.45. The van der Waals surface area contributed by atoms with E-state index in [1.54, 1.807) is 36.4 Å². The molecule has 0 saturated carbocycles. The molecular formula is C18H12FN3O4. The number of rotatable bonds is 5. The fourth-order valence-corrected chi connectivity index (χ4v) is 2.27. The maximum absolute atomic E-state index is 13.4. The number of aromatic nitrogens is 1. The first-order valence-corrected chi connectivity index (χ1v) is 7.42. The van der Waals surface area contributed by atoms with Crippen LogP contribution in [-0.4, -0.2) is 15.8 Å². The first-order valence-electron chi connectivity index (χ1n) is 7.42. The molecule has 0 atom stereocenters. The molecule has 0 fully saturated rings. The van der Waals surface area contributed by atoms with Crippen LogP contribution in [0.25, 0.3) is 11.3 Å². The first-order chi connectivity index (χ1) is 12.4. The summed E-state index contributed by atoms with van der Waals surface area (Å²) in [6.07, 6.45) is 0. The number of primary amides is 1. The quantitative estimate of drug-likeness (QED) is 0.556. The van der Waals surface area contributed by atoms with Crippen molar-refractivity contribution < 1.29 is 18.8 Å². The van der Waals surface area contributed by atoms with Crippen LogP contribution in [0.3, 0.4) is 0 Å². The molecule has 0 aliphatic heterocycles. The number of nitrogens with zero attached hydrogens (tertiary/aromatic N) is 2. The van der Waals surface area contributed by atoms with Crippen LogP contribution >= 0.6 is 0 Å². The number of ether oxygens (including phenoxy) is 1. The van der Waals surface area contributed by atoms with Crippen LogP contribution in [-0.2, 0) is 0 Å². The lowest BCUT2D eigenvalue weighted by molar-refractivity contribution is -0.385. The van der Waals surface area contributed by atoms with Crippen molar-refractivity contribution in [1.82, 2.24) is 4.98 Å². The van der Waals surface area contributed by atoms with Gasteiger partial charge in [0.15, 0.2) is 0 Å². The highest BCUT2D eigenvalue weighted by Gasteiger charge is 2.11. The second kappa shape index (κ2) is 6.98. The zero-order valence-electron chi connectivity index (χ0n) is 13.3. The van der Waals surface area contributed by atoms with Crippen LogP contribution in [0.5, 0.6) is 11.5 Å². The Labute approximate surface area is 147 Å². The first kappa shape index (κ1) is 17.0. The maximum atomic E-state index is 13.4. The van der Waals surface area contributed by atoms with E-state index in [9.17, 15) is 19.3 Å². The van der Waals surface area contributed by atoms with Crippen molar-refractivity contribution in [2.45, 2.75) is 0 Å². The lowest BCUT2D eigenvalue weighted by Crippen LogP contribution is -2.12. The molecule has 0 aliphatic carbocycles. The molecule has 2 aromatic carbocycles.